The monoisotopic (exact) mass is 260 g/mol. The minimum absolute atomic E-state index is 0.0459. The lowest BCUT2D eigenvalue weighted by Crippen LogP contribution is -2.02. The van der Waals surface area contributed by atoms with Gasteiger partial charge in [0.15, 0.2) is 4.77 Å². The van der Waals surface area contributed by atoms with Crippen molar-refractivity contribution in [1.29, 1.82) is 0 Å². The van der Waals surface area contributed by atoms with Crippen LogP contribution in [0.5, 0.6) is 0 Å². The van der Waals surface area contributed by atoms with Gasteiger partial charge in [0.25, 0.3) is 0 Å². The van der Waals surface area contributed by atoms with E-state index in [4.69, 9.17) is 17.3 Å². The molecular weight excluding hydrogens is 248 g/mol. The van der Waals surface area contributed by atoms with Crippen LogP contribution < -0.4 is 0 Å². The molecule has 2 rings (SSSR count). The molecule has 2 N–H and O–H groups in total. The minimum atomic E-state index is -1.05. The van der Waals surface area contributed by atoms with Crippen LogP contribution in [0.1, 0.15) is 23.0 Å². The van der Waals surface area contributed by atoms with E-state index in [1.54, 1.807) is 0 Å². The first-order chi connectivity index (χ1) is 8.60. The molecule has 0 saturated heterocycles. The maximum atomic E-state index is 10.9. The molecule has 2 aromatic rings. The van der Waals surface area contributed by atoms with Gasteiger partial charge >= 0.3 is 5.97 Å². The van der Waals surface area contributed by atoms with Crippen LogP contribution >= 0.6 is 12.2 Å². The van der Waals surface area contributed by atoms with Gasteiger partial charge in [0.2, 0.25) is 0 Å². The predicted molar refractivity (Wildman–Crippen MR) is 71.2 cm³/mol. The molecule has 5 heteroatoms. The Hall–Kier alpha value is -2.01. The summed E-state index contributed by atoms with van der Waals surface area (Å²) in [6.45, 7) is 2.08. The molecule has 0 aliphatic heterocycles. The maximum absolute atomic E-state index is 10.9. The van der Waals surface area contributed by atoms with Crippen molar-refractivity contribution < 1.29 is 9.90 Å². The van der Waals surface area contributed by atoms with Crippen molar-refractivity contribution in [2.45, 2.75) is 13.3 Å². The quantitative estimate of drug-likeness (QED) is 0.832. The molecule has 0 unspecified atom stereocenters. The lowest BCUT2D eigenvalue weighted by molar-refractivity contribution is 0.0690. The molecule has 4 nitrogen and oxygen atoms in total. The summed E-state index contributed by atoms with van der Waals surface area (Å²) < 4.78 is 0.171. The molecule has 1 aromatic carbocycles. The van der Waals surface area contributed by atoms with Crippen molar-refractivity contribution in [3.05, 3.63) is 46.4 Å². The summed E-state index contributed by atoms with van der Waals surface area (Å²) in [6.07, 6.45) is 0.961. The highest BCUT2D eigenvalue weighted by atomic mass is 32.1. The van der Waals surface area contributed by atoms with E-state index in [0.29, 0.717) is 5.69 Å². The zero-order valence-corrected chi connectivity index (χ0v) is 10.6. The fourth-order valence-corrected chi connectivity index (χ4v) is 1.84. The number of aryl methyl sites for hydroxylation is 1. The molecule has 0 saturated carbocycles. The van der Waals surface area contributed by atoms with Gasteiger partial charge in [0.1, 0.15) is 5.69 Å². The average Bonchev–Trinajstić information content (AvgIpc) is 2.38. The number of benzene rings is 1. The van der Waals surface area contributed by atoms with Crippen LogP contribution in [0.25, 0.3) is 11.3 Å². The Labute approximate surface area is 109 Å². The Bertz CT molecular complexity index is 632. The third-order valence-electron chi connectivity index (χ3n) is 2.63. The van der Waals surface area contributed by atoms with Crippen molar-refractivity contribution in [2.24, 2.45) is 0 Å². The number of hydrogen-bond acceptors (Lipinski definition) is 3. The summed E-state index contributed by atoms with van der Waals surface area (Å²) in [5.41, 5.74) is 2.69. The molecule has 0 amide bonds. The first-order valence-corrected chi connectivity index (χ1v) is 5.95. The second-order valence-corrected chi connectivity index (χ2v) is 4.23. The van der Waals surface area contributed by atoms with Crippen molar-refractivity contribution in [3.63, 3.8) is 0 Å². The zero-order chi connectivity index (χ0) is 13.1. The SMILES string of the molecule is CCc1ccc(-c2cc(C(=O)O)[nH]c(=S)n2)cc1. The molecule has 0 fully saturated rings. The number of nitrogens with one attached hydrogen (secondary N) is 1. The van der Waals surface area contributed by atoms with Gasteiger partial charge in [-0.2, -0.15) is 0 Å². The molecule has 0 spiro atoms. The summed E-state index contributed by atoms with van der Waals surface area (Å²) >= 11 is 4.92. The molecule has 0 radical (unpaired) electrons. The second-order valence-electron chi connectivity index (χ2n) is 3.84. The van der Waals surface area contributed by atoms with Gasteiger partial charge in [-0.25, -0.2) is 9.78 Å². The number of aromatic amines is 1. The van der Waals surface area contributed by atoms with Gasteiger partial charge in [0, 0.05) is 5.56 Å². The van der Waals surface area contributed by atoms with E-state index in [1.165, 1.54) is 11.6 Å². The number of nitrogens with zero attached hydrogens (tertiary/aromatic N) is 1. The first kappa shape index (κ1) is 12.4. The number of hydrogen-bond donors (Lipinski definition) is 2. The van der Waals surface area contributed by atoms with Gasteiger partial charge < -0.3 is 10.1 Å². The third kappa shape index (κ3) is 2.62. The molecule has 0 aliphatic rings. The topological polar surface area (TPSA) is 66.0 Å². The second kappa shape index (κ2) is 5.10. The lowest BCUT2D eigenvalue weighted by atomic mass is 10.1. The number of carboxylic acids is 1. The highest BCUT2D eigenvalue weighted by Crippen LogP contribution is 2.18. The Balaban J connectivity index is 2.49. The molecule has 1 aromatic heterocycles. The highest BCUT2D eigenvalue weighted by molar-refractivity contribution is 7.71. The maximum Gasteiger partial charge on any atom is 0.352 e. The number of H-pyrrole nitrogens is 1. The first-order valence-electron chi connectivity index (χ1n) is 5.54. The van der Waals surface area contributed by atoms with Crippen molar-refractivity contribution in [3.8, 4) is 11.3 Å². The van der Waals surface area contributed by atoms with Gasteiger partial charge in [0.05, 0.1) is 5.69 Å². The molecule has 92 valence electrons. The van der Waals surface area contributed by atoms with E-state index in [2.05, 4.69) is 16.9 Å². The summed E-state index contributed by atoms with van der Waals surface area (Å²) in [5, 5.41) is 8.96. The van der Waals surface area contributed by atoms with Gasteiger partial charge in [-0.1, -0.05) is 31.2 Å². The number of carbonyl (C=O) groups is 1. The molecule has 0 atom stereocenters. The average molecular weight is 260 g/mol. The highest BCUT2D eigenvalue weighted by Gasteiger charge is 2.07. The number of aromatic nitrogens is 2. The fraction of sp³-hybridized carbons (Fsp3) is 0.154. The van der Waals surface area contributed by atoms with E-state index in [1.807, 2.05) is 24.3 Å². The van der Waals surface area contributed by atoms with E-state index < -0.39 is 5.97 Å². The Morgan fingerprint density at radius 3 is 2.61 bits per heavy atom. The van der Waals surface area contributed by atoms with Crippen LogP contribution in [0, 0.1) is 4.77 Å². The molecular formula is C13H12N2O2S. The molecule has 0 bridgehead atoms. The molecule has 18 heavy (non-hydrogen) atoms. The standard InChI is InChI=1S/C13H12N2O2S/c1-2-8-3-5-9(6-4-8)10-7-11(12(16)17)15-13(18)14-10/h3-7H,2H2,1H3,(H,16,17)(H,14,15,18). The zero-order valence-electron chi connectivity index (χ0n) is 9.80. The van der Waals surface area contributed by atoms with E-state index >= 15 is 0 Å². The number of rotatable bonds is 3. The van der Waals surface area contributed by atoms with Gasteiger partial charge in [-0.15, -0.1) is 0 Å². The molecule has 0 aliphatic carbocycles. The summed E-state index contributed by atoms with van der Waals surface area (Å²) in [6, 6.07) is 9.32. The van der Waals surface area contributed by atoms with Crippen LogP contribution in [0.15, 0.2) is 30.3 Å². The van der Waals surface area contributed by atoms with E-state index in [9.17, 15) is 4.79 Å². The van der Waals surface area contributed by atoms with Crippen LogP contribution in [0.4, 0.5) is 0 Å². The van der Waals surface area contributed by atoms with Crippen LogP contribution in [-0.2, 0) is 6.42 Å². The van der Waals surface area contributed by atoms with Crippen molar-refractivity contribution >= 4 is 18.2 Å². The van der Waals surface area contributed by atoms with E-state index in [-0.39, 0.29) is 10.5 Å². The Morgan fingerprint density at radius 1 is 1.39 bits per heavy atom. The lowest BCUT2D eigenvalue weighted by Gasteiger charge is -2.03. The summed E-state index contributed by atoms with van der Waals surface area (Å²) in [7, 11) is 0. The summed E-state index contributed by atoms with van der Waals surface area (Å²) in [5.74, 6) is -1.05. The third-order valence-corrected chi connectivity index (χ3v) is 2.83. The predicted octanol–water partition coefficient (Wildman–Crippen LogP) is 3.07. The number of aromatic carboxylic acids is 1. The van der Waals surface area contributed by atoms with Crippen LogP contribution in [0.2, 0.25) is 0 Å². The fourth-order valence-electron chi connectivity index (χ4n) is 1.63. The van der Waals surface area contributed by atoms with Gasteiger partial charge in [-0.05, 0) is 30.3 Å². The van der Waals surface area contributed by atoms with Gasteiger partial charge in [-0.3, -0.25) is 0 Å². The summed E-state index contributed by atoms with van der Waals surface area (Å²) in [4.78, 5) is 17.6. The Morgan fingerprint density at radius 2 is 2.06 bits per heavy atom. The number of carboxylic acid groups (broad SMARTS) is 1. The largest absolute Gasteiger partial charge is 0.477 e. The smallest absolute Gasteiger partial charge is 0.352 e. The van der Waals surface area contributed by atoms with Crippen molar-refractivity contribution in [2.75, 3.05) is 0 Å². The minimum Gasteiger partial charge on any atom is -0.477 e. The normalized spacial score (nSPS) is 10.3. The van der Waals surface area contributed by atoms with Crippen LogP contribution in [0.3, 0.4) is 0 Å². The Kier molecular flexibility index (Phi) is 3.53. The van der Waals surface area contributed by atoms with Crippen molar-refractivity contribution in [1.82, 2.24) is 9.97 Å². The van der Waals surface area contributed by atoms with Crippen LogP contribution in [-0.4, -0.2) is 21.0 Å². The molecule has 1 heterocycles. The van der Waals surface area contributed by atoms with E-state index in [0.717, 1.165) is 12.0 Å².